The van der Waals surface area contributed by atoms with Gasteiger partial charge in [0.15, 0.2) is 0 Å². The van der Waals surface area contributed by atoms with Crippen LogP contribution in [0.15, 0.2) is 72.8 Å². The first kappa shape index (κ1) is 13.2. The lowest BCUT2D eigenvalue weighted by atomic mass is 9.54. The third kappa shape index (κ3) is 1.55. The van der Waals surface area contributed by atoms with Crippen LogP contribution in [0.2, 0.25) is 0 Å². The molecule has 6 rings (SSSR count). The van der Waals surface area contributed by atoms with Crippen molar-refractivity contribution in [2.24, 2.45) is 35.5 Å². The molecule has 0 radical (unpaired) electrons. The maximum atomic E-state index is 2.55. The summed E-state index contributed by atoms with van der Waals surface area (Å²) in [6.07, 6.45) is 7.80. The van der Waals surface area contributed by atoms with E-state index < -0.39 is 0 Å². The fourth-order valence-corrected chi connectivity index (χ4v) is 6.57. The van der Waals surface area contributed by atoms with E-state index in [1.54, 1.807) is 11.1 Å². The Labute approximate surface area is 143 Å². The highest BCUT2D eigenvalue weighted by molar-refractivity contribution is 6.00. The van der Waals surface area contributed by atoms with Crippen LogP contribution in [-0.4, -0.2) is 0 Å². The topological polar surface area (TPSA) is 0 Å². The Bertz CT molecular complexity index is 842. The normalized spacial score (nSPS) is 38.2. The molecule has 0 saturated heterocycles. The van der Waals surface area contributed by atoms with Crippen molar-refractivity contribution < 1.29 is 0 Å². The van der Waals surface area contributed by atoms with Crippen LogP contribution >= 0.6 is 0 Å². The second-order valence-electron chi connectivity index (χ2n) is 8.08. The lowest BCUT2D eigenvalue weighted by Crippen LogP contribution is -2.40. The van der Waals surface area contributed by atoms with E-state index in [0.29, 0.717) is 0 Å². The Hall–Kier alpha value is -2.08. The zero-order valence-electron chi connectivity index (χ0n) is 13.8. The summed E-state index contributed by atoms with van der Waals surface area (Å²) in [7, 11) is 0. The minimum atomic E-state index is 0.802. The second kappa shape index (κ2) is 4.72. The predicted octanol–water partition coefficient (Wildman–Crippen LogP) is 5.69. The van der Waals surface area contributed by atoms with Gasteiger partial charge >= 0.3 is 0 Å². The SMILES string of the molecule is C1=CC2C(C1)C1CC2[C@@H]2C(c3ccccc3)=C(c3ccccc3)[C@H]12. The Morgan fingerprint density at radius 1 is 0.625 bits per heavy atom. The molecule has 0 nitrogen and oxygen atoms in total. The Kier molecular flexibility index (Phi) is 2.61. The summed E-state index contributed by atoms with van der Waals surface area (Å²) in [5.41, 5.74) is 6.26. The zero-order valence-corrected chi connectivity index (χ0v) is 13.8. The summed E-state index contributed by atoms with van der Waals surface area (Å²) in [4.78, 5) is 0. The predicted molar refractivity (Wildman–Crippen MR) is 99.0 cm³/mol. The van der Waals surface area contributed by atoms with E-state index in [-0.39, 0.29) is 0 Å². The van der Waals surface area contributed by atoms with Gasteiger partial charge in [-0.1, -0.05) is 72.8 Å². The summed E-state index contributed by atoms with van der Waals surface area (Å²) >= 11 is 0. The van der Waals surface area contributed by atoms with E-state index >= 15 is 0 Å². The lowest BCUT2D eigenvalue weighted by Gasteiger charge is -2.49. The van der Waals surface area contributed by atoms with Crippen molar-refractivity contribution in [3.63, 3.8) is 0 Å². The van der Waals surface area contributed by atoms with Crippen molar-refractivity contribution in [3.05, 3.63) is 83.9 Å². The molecule has 2 saturated carbocycles. The molecule has 0 heteroatoms. The summed E-state index contributed by atoms with van der Waals surface area (Å²) in [5, 5.41) is 0. The van der Waals surface area contributed by atoms with Crippen molar-refractivity contribution in [2.45, 2.75) is 12.8 Å². The number of hydrogen-bond donors (Lipinski definition) is 0. The maximum Gasteiger partial charge on any atom is -0.00468 e. The Morgan fingerprint density at radius 3 is 1.83 bits per heavy atom. The van der Waals surface area contributed by atoms with Gasteiger partial charge in [0.2, 0.25) is 0 Å². The van der Waals surface area contributed by atoms with Gasteiger partial charge in [-0.2, -0.15) is 0 Å². The molecule has 4 aliphatic rings. The van der Waals surface area contributed by atoms with Gasteiger partial charge in [0, 0.05) is 0 Å². The van der Waals surface area contributed by atoms with Crippen LogP contribution in [0.3, 0.4) is 0 Å². The highest BCUT2D eigenvalue weighted by Crippen LogP contribution is 2.72. The molecule has 2 aromatic carbocycles. The van der Waals surface area contributed by atoms with Crippen molar-refractivity contribution in [1.82, 2.24) is 0 Å². The summed E-state index contributed by atoms with van der Waals surface area (Å²) < 4.78 is 0. The summed E-state index contributed by atoms with van der Waals surface area (Å²) in [6.45, 7) is 0. The zero-order chi connectivity index (χ0) is 15.7. The van der Waals surface area contributed by atoms with E-state index in [1.165, 1.54) is 24.0 Å². The minimum absolute atomic E-state index is 0.802. The molecule has 0 spiro atoms. The van der Waals surface area contributed by atoms with Crippen LogP contribution in [-0.2, 0) is 0 Å². The number of hydrogen-bond acceptors (Lipinski definition) is 0. The minimum Gasteiger partial charge on any atom is -0.0879 e. The van der Waals surface area contributed by atoms with E-state index in [2.05, 4.69) is 72.8 Å². The average molecular weight is 310 g/mol. The fourth-order valence-electron chi connectivity index (χ4n) is 6.57. The molecule has 24 heavy (non-hydrogen) atoms. The van der Waals surface area contributed by atoms with Gasteiger partial charge < -0.3 is 0 Å². The second-order valence-corrected chi connectivity index (χ2v) is 8.08. The molecule has 4 aliphatic carbocycles. The first-order valence-electron chi connectivity index (χ1n) is 9.45. The van der Waals surface area contributed by atoms with E-state index in [9.17, 15) is 0 Å². The van der Waals surface area contributed by atoms with Crippen molar-refractivity contribution >= 4 is 11.1 Å². The lowest BCUT2D eigenvalue weighted by molar-refractivity contribution is 0.189. The molecule has 2 bridgehead atoms. The smallest absolute Gasteiger partial charge is 0.00468 e. The van der Waals surface area contributed by atoms with Crippen LogP contribution < -0.4 is 0 Å². The van der Waals surface area contributed by atoms with Crippen molar-refractivity contribution in [1.29, 1.82) is 0 Å². The average Bonchev–Trinajstić information content (AvgIpc) is 3.28. The molecule has 2 fully saturated rings. The maximum absolute atomic E-state index is 2.55. The molecule has 118 valence electrons. The highest BCUT2D eigenvalue weighted by Gasteiger charge is 2.63. The van der Waals surface area contributed by atoms with Gasteiger partial charge in [-0.3, -0.25) is 0 Å². The van der Waals surface area contributed by atoms with Gasteiger partial charge in [-0.25, -0.2) is 0 Å². The Balaban J connectivity index is 1.53. The molecule has 6 atom stereocenters. The Morgan fingerprint density at radius 2 is 1.21 bits per heavy atom. The molecular formula is C24H22. The molecule has 0 aliphatic heterocycles. The highest BCUT2D eigenvalue weighted by atomic mass is 14.7. The third-order valence-electron chi connectivity index (χ3n) is 7.29. The van der Waals surface area contributed by atoms with Crippen LogP contribution in [0.25, 0.3) is 11.1 Å². The molecular weight excluding hydrogens is 288 g/mol. The summed E-state index contributed by atoms with van der Waals surface area (Å²) in [5.74, 6) is 5.24. The first-order valence-corrected chi connectivity index (χ1v) is 9.45. The van der Waals surface area contributed by atoms with E-state index in [0.717, 1.165) is 35.5 Å². The number of benzene rings is 2. The largest absolute Gasteiger partial charge is 0.0879 e. The molecule has 0 heterocycles. The van der Waals surface area contributed by atoms with E-state index in [4.69, 9.17) is 0 Å². The van der Waals surface area contributed by atoms with Crippen molar-refractivity contribution in [2.75, 3.05) is 0 Å². The molecule has 4 unspecified atom stereocenters. The first-order chi connectivity index (χ1) is 11.9. The third-order valence-corrected chi connectivity index (χ3v) is 7.29. The molecule has 2 aromatic rings. The monoisotopic (exact) mass is 310 g/mol. The van der Waals surface area contributed by atoms with Crippen molar-refractivity contribution in [3.8, 4) is 0 Å². The van der Waals surface area contributed by atoms with Crippen LogP contribution in [0.5, 0.6) is 0 Å². The van der Waals surface area contributed by atoms with E-state index in [1.807, 2.05) is 0 Å². The van der Waals surface area contributed by atoms with Gasteiger partial charge in [-0.15, -0.1) is 0 Å². The van der Waals surface area contributed by atoms with Gasteiger partial charge in [-0.05, 0) is 70.6 Å². The molecule has 0 aromatic heterocycles. The number of allylic oxidation sites excluding steroid dienone is 4. The number of rotatable bonds is 2. The number of fused-ring (bicyclic) bond motifs is 8. The standard InChI is InChI=1S/C24H22/c1-3-8-15(9-4-1)21-22(16-10-5-2-6-11-16)24-20-14-19(23(21)24)17-12-7-13-18(17)20/h1-12,17-20,23-24H,13-14H2/t17?,18?,19?,20?,23-,24+/m1/s1. The van der Waals surface area contributed by atoms with Crippen LogP contribution in [0.4, 0.5) is 0 Å². The van der Waals surface area contributed by atoms with Gasteiger partial charge in [0.25, 0.3) is 0 Å². The molecule has 0 N–H and O–H groups in total. The fraction of sp³-hybridized carbons (Fsp3) is 0.333. The summed E-state index contributed by atoms with van der Waals surface area (Å²) in [6, 6.07) is 22.4. The van der Waals surface area contributed by atoms with Gasteiger partial charge in [0.1, 0.15) is 0 Å². The molecule has 0 amide bonds. The van der Waals surface area contributed by atoms with Crippen LogP contribution in [0, 0.1) is 35.5 Å². The van der Waals surface area contributed by atoms with Gasteiger partial charge in [0.05, 0.1) is 0 Å². The quantitative estimate of drug-likeness (QED) is 0.625. The van der Waals surface area contributed by atoms with Crippen LogP contribution in [0.1, 0.15) is 24.0 Å².